The van der Waals surface area contributed by atoms with Crippen molar-refractivity contribution in [2.24, 2.45) is 0 Å². The van der Waals surface area contributed by atoms with Crippen LogP contribution in [0.15, 0.2) is 6.33 Å². The van der Waals surface area contributed by atoms with E-state index in [4.69, 9.17) is 4.74 Å². The molecule has 2 aromatic heterocycles. The van der Waals surface area contributed by atoms with E-state index in [2.05, 4.69) is 14.9 Å². The maximum Gasteiger partial charge on any atom is 0.346 e. The highest BCUT2D eigenvalue weighted by Gasteiger charge is 2.25. The summed E-state index contributed by atoms with van der Waals surface area (Å²) < 4.78 is 5.41. The lowest BCUT2D eigenvalue weighted by molar-refractivity contribution is 0.0701. The number of aromatic carboxylic acids is 1. The summed E-state index contributed by atoms with van der Waals surface area (Å²) in [6.45, 7) is 3.25. The van der Waals surface area contributed by atoms with Gasteiger partial charge in [-0.15, -0.1) is 11.3 Å². The number of aromatic nitrogens is 2. The maximum absolute atomic E-state index is 11.3. The Balaban J connectivity index is 2.13. The Kier molecular flexibility index (Phi) is 3.31. The highest BCUT2D eigenvalue weighted by atomic mass is 32.1. The highest BCUT2D eigenvalue weighted by Crippen LogP contribution is 2.35. The van der Waals surface area contributed by atoms with Crippen molar-refractivity contribution in [3.8, 4) is 0 Å². The van der Waals surface area contributed by atoms with Gasteiger partial charge in [0.05, 0.1) is 18.0 Å². The summed E-state index contributed by atoms with van der Waals surface area (Å²) in [6, 6.07) is 0.278. The first-order chi connectivity index (χ1) is 9.59. The minimum Gasteiger partial charge on any atom is -0.477 e. The van der Waals surface area contributed by atoms with Crippen LogP contribution in [0, 0.1) is 6.92 Å². The van der Waals surface area contributed by atoms with Crippen molar-refractivity contribution in [3.63, 3.8) is 0 Å². The van der Waals surface area contributed by atoms with Crippen LogP contribution in [-0.2, 0) is 4.74 Å². The van der Waals surface area contributed by atoms with Crippen molar-refractivity contribution in [3.05, 3.63) is 16.8 Å². The van der Waals surface area contributed by atoms with Crippen LogP contribution < -0.4 is 4.90 Å². The predicted molar refractivity (Wildman–Crippen MR) is 76.7 cm³/mol. The van der Waals surface area contributed by atoms with Crippen molar-refractivity contribution in [1.29, 1.82) is 0 Å². The van der Waals surface area contributed by atoms with E-state index in [1.165, 1.54) is 17.7 Å². The largest absolute Gasteiger partial charge is 0.477 e. The topological polar surface area (TPSA) is 75.5 Å². The van der Waals surface area contributed by atoms with E-state index in [1.54, 1.807) is 0 Å². The average molecular weight is 293 g/mol. The fourth-order valence-electron chi connectivity index (χ4n) is 2.52. The van der Waals surface area contributed by atoms with Gasteiger partial charge in [-0.1, -0.05) is 0 Å². The first-order valence-corrected chi connectivity index (χ1v) is 7.19. The molecular formula is C13H15N3O3S. The molecule has 0 aromatic carbocycles. The number of carboxylic acids is 1. The zero-order valence-electron chi connectivity index (χ0n) is 11.3. The number of rotatable bonds is 3. The first-order valence-electron chi connectivity index (χ1n) is 6.37. The molecule has 20 heavy (non-hydrogen) atoms. The van der Waals surface area contributed by atoms with Gasteiger partial charge in [0.2, 0.25) is 0 Å². The molecule has 1 fully saturated rings. The van der Waals surface area contributed by atoms with Crippen LogP contribution in [0.3, 0.4) is 0 Å². The summed E-state index contributed by atoms with van der Waals surface area (Å²) >= 11 is 1.20. The Morgan fingerprint density at radius 2 is 2.35 bits per heavy atom. The number of aryl methyl sites for hydroxylation is 1. The Bertz CT molecular complexity index is 664. The van der Waals surface area contributed by atoms with Crippen LogP contribution in [0.5, 0.6) is 0 Å². The number of carbonyl (C=O) groups is 1. The summed E-state index contributed by atoms with van der Waals surface area (Å²) in [5.41, 5.74) is 0.735. The molecule has 0 amide bonds. The van der Waals surface area contributed by atoms with Gasteiger partial charge < -0.3 is 14.7 Å². The molecule has 1 saturated heterocycles. The van der Waals surface area contributed by atoms with Crippen molar-refractivity contribution in [2.75, 3.05) is 25.2 Å². The van der Waals surface area contributed by atoms with Gasteiger partial charge in [-0.25, -0.2) is 14.8 Å². The van der Waals surface area contributed by atoms with E-state index in [-0.39, 0.29) is 6.04 Å². The fourth-order valence-corrected chi connectivity index (χ4v) is 3.51. The molecule has 1 N–H and O–H groups in total. The Labute approximate surface area is 120 Å². The van der Waals surface area contributed by atoms with E-state index in [9.17, 15) is 9.90 Å². The molecule has 0 bridgehead atoms. The SMILES string of the molecule is Cc1c(C(=O)O)sc2ncnc(N(C)C3CCOC3)c12. The van der Waals surface area contributed by atoms with Crippen molar-refractivity contribution < 1.29 is 14.6 Å². The Hall–Kier alpha value is -1.73. The maximum atomic E-state index is 11.3. The predicted octanol–water partition coefficient (Wildman–Crippen LogP) is 1.92. The molecule has 1 aliphatic rings. The lowest BCUT2D eigenvalue weighted by atomic mass is 10.1. The lowest BCUT2D eigenvalue weighted by Crippen LogP contribution is -2.32. The number of anilines is 1. The van der Waals surface area contributed by atoms with Crippen LogP contribution in [0.25, 0.3) is 10.2 Å². The van der Waals surface area contributed by atoms with Gasteiger partial charge in [0.25, 0.3) is 0 Å². The molecule has 106 valence electrons. The zero-order valence-corrected chi connectivity index (χ0v) is 12.1. The summed E-state index contributed by atoms with van der Waals surface area (Å²) in [6.07, 6.45) is 2.45. The van der Waals surface area contributed by atoms with Gasteiger partial charge in [-0.05, 0) is 18.9 Å². The monoisotopic (exact) mass is 293 g/mol. The van der Waals surface area contributed by atoms with Crippen LogP contribution in [0.4, 0.5) is 5.82 Å². The number of ether oxygens (including phenoxy) is 1. The molecular weight excluding hydrogens is 278 g/mol. The van der Waals surface area contributed by atoms with Crippen molar-refractivity contribution in [1.82, 2.24) is 9.97 Å². The second-order valence-corrected chi connectivity index (χ2v) is 5.87. The average Bonchev–Trinajstić information content (AvgIpc) is 3.06. The molecule has 3 rings (SSSR count). The van der Waals surface area contributed by atoms with Crippen LogP contribution in [0.1, 0.15) is 21.7 Å². The lowest BCUT2D eigenvalue weighted by Gasteiger charge is -2.24. The Morgan fingerprint density at radius 3 is 3.00 bits per heavy atom. The van der Waals surface area contributed by atoms with Crippen LogP contribution >= 0.6 is 11.3 Å². The van der Waals surface area contributed by atoms with E-state index in [0.29, 0.717) is 11.5 Å². The number of thiophene rings is 1. The van der Waals surface area contributed by atoms with Crippen LogP contribution in [0.2, 0.25) is 0 Å². The van der Waals surface area contributed by atoms with Gasteiger partial charge >= 0.3 is 5.97 Å². The number of carboxylic acid groups (broad SMARTS) is 1. The zero-order chi connectivity index (χ0) is 14.3. The molecule has 2 aromatic rings. The number of hydrogen-bond acceptors (Lipinski definition) is 6. The third-order valence-corrected chi connectivity index (χ3v) is 4.88. The summed E-state index contributed by atoms with van der Waals surface area (Å²) in [5, 5.41) is 10.1. The molecule has 0 spiro atoms. The summed E-state index contributed by atoms with van der Waals surface area (Å²) in [5.74, 6) is -0.130. The number of hydrogen-bond donors (Lipinski definition) is 1. The molecule has 6 nitrogen and oxygen atoms in total. The third-order valence-electron chi connectivity index (χ3n) is 3.69. The highest BCUT2D eigenvalue weighted by molar-refractivity contribution is 7.20. The minimum atomic E-state index is -0.914. The van der Waals surface area contributed by atoms with Gasteiger partial charge in [-0.3, -0.25) is 0 Å². The molecule has 3 heterocycles. The molecule has 1 atom stereocenters. The van der Waals surface area contributed by atoms with Crippen LogP contribution in [-0.4, -0.2) is 47.3 Å². The second-order valence-electron chi connectivity index (χ2n) is 4.87. The minimum absolute atomic E-state index is 0.278. The molecule has 0 aliphatic carbocycles. The smallest absolute Gasteiger partial charge is 0.346 e. The fraction of sp³-hybridized carbons (Fsp3) is 0.462. The normalized spacial score (nSPS) is 18.6. The Morgan fingerprint density at radius 1 is 1.55 bits per heavy atom. The van der Waals surface area contributed by atoms with Gasteiger partial charge in [0.1, 0.15) is 21.9 Å². The van der Waals surface area contributed by atoms with Gasteiger partial charge in [-0.2, -0.15) is 0 Å². The van der Waals surface area contributed by atoms with E-state index in [1.807, 2.05) is 14.0 Å². The van der Waals surface area contributed by atoms with Gasteiger partial charge in [0.15, 0.2) is 0 Å². The summed E-state index contributed by atoms with van der Waals surface area (Å²) in [7, 11) is 1.97. The number of likely N-dealkylation sites (N-methyl/N-ethyl adjacent to an activating group) is 1. The number of nitrogens with zero attached hydrogens (tertiary/aromatic N) is 3. The second kappa shape index (κ2) is 4.99. The van der Waals surface area contributed by atoms with Gasteiger partial charge in [0, 0.05) is 13.7 Å². The van der Waals surface area contributed by atoms with Crippen molar-refractivity contribution >= 4 is 33.3 Å². The standard InChI is InChI=1S/C13H15N3O3S/c1-7-9-11(16(2)8-3-4-19-5-8)14-6-15-12(9)20-10(7)13(17)18/h6,8H,3-5H2,1-2H3,(H,17,18). The van der Waals surface area contributed by atoms with E-state index >= 15 is 0 Å². The van der Waals surface area contributed by atoms with E-state index in [0.717, 1.165) is 34.6 Å². The third kappa shape index (κ3) is 2.03. The molecule has 7 heteroatoms. The molecule has 0 saturated carbocycles. The summed E-state index contributed by atoms with van der Waals surface area (Å²) in [4.78, 5) is 22.9. The first kappa shape index (κ1) is 13.3. The molecule has 1 unspecified atom stereocenters. The number of fused-ring (bicyclic) bond motifs is 1. The van der Waals surface area contributed by atoms with E-state index < -0.39 is 5.97 Å². The molecule has 1 aliphatic heterocycles. The van der Waals surface area contributed by atoms with Crippen molar-refractivity contribution in [2.45, 2.75) is 19.4 Å². The molecule has 0 radical (unpaired) electrons. The quantitative estimate of drug-likeness (QED) is 0.932.